The van der Waals surface area contributed by atoms with E-state index in [1.807, 2.05) is 66.7 Å². The molecule has 0 saturated carbocycles. The van der Waals surface area contributed by atoms with E-state index < -0.39 is 0 Å². The van der Waals surface area contributed by atoms with Crippen LogP contribution in [-0.2, 0) is 11.3 Å². The Morgan fingerprint density at radius 1 is 1.06 bits per heavy atom. The normalized spacial score (nSPS) is 15.5. The molecule has 31 heavy (non-hydrogen) atoms. The molecule has 2 N–H and O–H groups in total. The van der Waals surface area contributed by atoms with Gasteiger partial charge in [0.05, 0.1) is 18.8 Å². The number of nitrogens with one attached hydrogen (secondary N) is 2. The molecular weight excluding hydrogens is 480 g/mol. The highest BCUT2D eigenvalue weighted by atomic mass is 79.9. The third-order valence-corrected chi connectivity index (χ3v) is 5.70. The molecule has 1 saturated heterocycles. The molecule has 160 valence electrons. The minimum Gasteiger partial charge on any atom is -0.487 e. The summed E-state index contributed by atoms with van der Waals surface area (Å²) < 4.78 is 12.4. The van der Waals surface area contributed by atoms with Gasteiger partial charge in [0.15, 0.2) is 0 Å². The third-order valence-electron chi connectivity index (χ3n) is 4.92. The highest BCUT2D eigenvalue weighted by Crippen LogP contribution is 2.27. The predicted octanol–water partition coefficient (Wildman–Crippen LogP) is 6.13. The summed E-state index contributed by atoms with van der Waals surface area (Å²) in [4.78, 5) is 13.1. The number of rotatable bonds is 7. The zero-order chi connectivity index (χ0) is 21.6. The average molecular weight is 502 g/mol. The van der Waals surface area contributed by atoms with E-state index in [2.05, 4.69) is 26.6 Å². The summed E-state index contributed by atoms with van der Waals surface area (Å²) in [5.41, 5.74) is 3.10. The summed E-state index contributed by atoms with van der Waals surface area (Å²) in [7, 11) is 0. The van der Waals surface area contributed by atoms with Crippen molar-refractivity contribution in [3.8, 4) is 5.75 Å². The third kappa shape index (κ3) is 6.00. The Hall–Kier alpha value is -2.54. The number of carbonyl (C=O) groups excluding carboxylic acids is 1. The maximum absolute atomic E-state index is 13.1. The number of halogens is 2. The molecule has 7 heteroatoms. The fourth-order valence-electron chi connectivity index (χ4n) is 3.24. The van der Waals surface area contributed by atoms with E-state index in [9.17, 15) is 4.79 Å². The number of ether oxygens (including phenoxy) is 2. The van der Waals surface area contributed by atoms with Crippen LogP contribution in [0.5, 0.6) is 5.75 Å². The molecule has 3 aromatic rings. The highest BCUT2D eigenvalue weighted by Gasteiger charge is 2.21. The average Bonchev–Trinajstić information content (AvgIpc) is 3.29. The molecule has 0 aliphatic carbocycles. The first-order valence-corrected chi connectivity index (χ1v) is 11.2. The van der Waals surface area contributed by atoms with E-state index in [0.717, 1.165) is 22.1 Å². The molecular formula is C24H22BrClN2O3. The highest BCUT2D eigenvalue weighted by molar-refractivity contribution is 9.10. The quantitative estimate of drug-likeness (QED) is 0.409. The van der Waals surface area contributed by atoms with Crippen LogP contribution in [0.3, 0.4) is 0 Å². The number of amides is 1. The Balaban J connectivity index is 1.53. The lowest BCUT2D eigenvalue weighted by Gasteiger charge is -2.17. The van der Waals surface area contributed by atoms with Crippen LogP contribution in [0.25, 0.3) is 0 Å². The second-order valence-electron chi connectivity index (χ2n) is 7.26. The minimum absolute atomic E-state index is 0.0490. The fourth-order valence-corrected chi connectivity index (χ4v) is 3.63. The van der Waals surface area contributed by atoms with Crippen molar-refractivity contribution in [3.05, 3.63) is 87.4 Å². The molecule has 0 aromatic heterocycles. The topological polar surface area (TPSA) is 59.6 Å². The summed E-state index contributed by atoms with van der Waals surface area (Å²) in [6.45, 7) is 1.82. The zero-order valence-electron chi connectivity index (χ0n) is 16.7. The number of benzene rings is 3. The first kappa shape index (κ1) is 21.7. The number of anilines is 2. The van der Waals surface area contributed by atoms with Gasteiger partial charge in [-0.25, -0.2) is 0 Å². The Kier molecular flexibility index (Phi) is 7.12. The zero-order valence-corrected chi connectivity index (χ0v) is 19.1. The Morgan fingerprint density at radius 3 is 2.52 bits per heavy atom. The lowest BCUT2D eigenvalue weighted by Crippen LogP contribution is -2.20. The van der Waals surface area contributed by atoms with Crippen LogP contribution in [-0.4, -0.2) is 25.2 Å². The summed E-state index contributed by atoms with van der Waals surface area (Å²) in [5, 5.41) is 7.00. The van der Waals surface area contributed by atoms with Crippen molar-refractivity contribution in [2.45, 2.75) is 19.1 Å². The van der Waals surface area contributed by atoms with E-state index in [4.69, 9.17) is 21.1 Å². The first-order valence-electron chi connectivity index (χ1n) is 10.0. The molecule has 1 heterocycles. The molecule has 1 fully saturated rings. The molecule has 1 unspecified atom stereocenters. The van der Waals surface area contributed by atoms with E-state index in [1.54, 1.807) is 0 Å². The van der Waals surface area contributed by atoms with Gasteiger partial charge in [0.25, 0.3) is 5.91 Å². The first-order chi connectivity index (χ1) is 15.1. The van der Waals surface area contributed by atoms with Gasteiger partial charge in [0.1, 0.15) is 11.9 Å². The van der Waals surface area contributed by atoms with E-state index >= 15 is 0 Å². The second kappa shape index (κ2) is 10.2. The van der Waals surface area contributed by atoms with Gasteiger partial charge >= 0.3 is 0 Å². The van der Waals surface area contributed by atoms with Crippen molar-refractivity contribution in [2.75, 3.05) is 23.8 Å². The van der Waals surface area contributed by atoms with Crippen LogP contribution in [0.2, 0.25) is 5.02 Å². The van der Waals surface area contributed by atoms with Crippen LogP contribution in [0.1, 0.15) is 22.3 Å². The molecule has 0 radical (unpaired) electrons. The number of hydrogen-bond donors (Lipinski definition) is 2. The van der Waals surface area contributed by atoms with Gasteiger partial charge in [0, 0.05) is 33.8 Å². The predicted molar refractivity (Wildman–Crippen MR) is 127 cm³/mol. The van der Waals surface area contributed by atoms with Gasteiger partial charge in [-0.1, -0.05) is 39.7 Å². The van der Waals surface area contributed by atoms with Crippen molar-refractivity contribution in [1.29, 1.82) is 0 Å². The smallest absolute Gasteiger partial charge is 0.259 e. The maximum atomic E-state index is 13.1. The molecule has 1 amide bonds. The van der Waals surface area contributed by atoms with E-state index in [-0.39, 0.29) is 12.0 Å². The van der Waals surface area contributed by atoms with Crippen LogP contribution < -0.4 is 15.4 Å². The van der Waals surface area contributed by atoms with Gasteiger partial charge in [-0.15, -0.1) is 0 Å². The number of hydrogen-bond acceptors (Lipinski definition) is 4. The molecule has 3 aromatic carbocycles. The monoisotopic (exact) mass is 500 g/mol. The van der Waals surface area contributed by atoms with E-state index in [0.29, 0.717) is 41.8 Å². The summed E-state index contributed by atoms with van der Waals surface area (Å²) in [5.74, 6) is 0.313. The Labute approximate surface area is 194 Å². The van der Waals surface area contributed by atoms with Crippen molar-refractivity contribution in [3.63, 3.8) is 0 Å². The van der Waals surface area contributed by atoms with Crippen LogP contribution in [0.15, 0.2) is 71.2 Å². The van der Waals surface area contributed by atoms with Crippen molar-refractivity contribution < 1.29 is 14.3 Å². The molecule has 1 aliphatic heterocycles. The molecule has 4 rings (SSSR count). The van der Waals surface area contributed by atoms with Gasteiger partial charge in [0.2, 0.25) is 0 Å². The van der Waals surface area contributed by atoms with Gasteiger partial charge in [-0.05, 0) is 60.2 Å². The SMILES string of the molecule is O=C(Nc1ccc(Br)cc1)c1cc(NCc2ccc(Cl)cc2)ccc1OC1CCOC1. The molecule has 1 aliphatic rings. The largest absolute Gasteiger partial charge is 0.487 e. The van der Waals surface area contributed by atoms with Crippen molar-refractivity contribution in [1.82, 2.24) is 0 Å². The maximum Gasteiger partial charge on any atom is 0.259 e. The van der Waals surface area contributed by atoms with Gasteiger partial charge < -0.3 is 20.1 Å². The van der Waals surface area contributed by atoms with Crippen LogP contribution in [0.4, 0.5) is 11.4 Å². The summed E-state index contributed by atoms with van der Waals surface area (Å²) >= 11 is 9.36. The second-order valence-corrected chi connectivity index (χ2v) is 8.61. The lowest BCUT2D eigenvalue weighted by molar-refractivity contribution is 0.101. The lowest BCUT2D eigenvalue weighted by atomic mass is 10.1. The minimum atomic E-state index is -0.230. The Morgan fingerprint density at radius 2 is 1.81 bits per heavy atom. The molecule has 1 atom stereocenters. The number of carbonyl (C=O) groups is 1. The molecule has 5 nitrogen and oxygen atoms in total. The van der Waals surface area contributed by atoms with Gasteiger partial charge in [-0.2, -0.15) is 0 Å². The van der Waals surface area contributed by atoms with Gasteiger partial charge in [-0.3, -0.25) is 4.79 Å². The van der Waals surface area contributed by atoms with Crippen LogP contribution in [0, 0.1) is 0 Å². The summed E-state index contributed by atoms with van der Waals surface area (Å²) in [6, 6.07) is 20.7. The fraction of sp³-hybridized carbons (Fsp3) is 0.208. The van der Waals surface area contributed by atoms with Crippen molar-refractivity contribution in [2.24, 2.45) is 0 Å². The summed E-state index contributed by atoms with van der Waals surface area (Å²) in [6.07, 6.45) is 0.761. The molecule has 0 spiro atoms. The van der Waals surface area contributed by atoms with Crippen LogP contribution >= 0.6 is 27.5 Å². The Bertz CT molecular complexity index is 1040. The standard InChI is InChI=1S/C24H22BrClN2O3/c25-17-3-7-19(8-4-17)28-24(29)22-13-20(27-14-16-1-5-18(26)6-2-16)9-10-23(22)31-21-11-12-30-15-21/h1-10,13,21,27H,11-12,14-15H2,(H,28,29). The van der Waals surface area contributed by atoms with Crippen molar-refractivity contribution >= 4 is 44.8 Å². The van der Waals surface area contributed by atoms with E-state index in [1.165, 1.54) is 0 Å². The molecule has 0 bridgehead atoms.